The van der Waals surface area contributed by atoms with E-state index < -0.39 is 38.6 Å². The van der Waals surface area contributed by atoms with E-state index in [0.29, 0.717) is 12.1 Å². The van der Waals surface area contributed by atoms with Gasteiger partial charge in [-0.1, -0.05) is 0 Å². The number of benzene rings is 1. The molecule has 0 aliphatic carbocycles. The second-order valence-electron chi connectivity index (χ2n) is 3.57. The summed E-state index contributed by atoms with van der Waals surface area (Å²) in [6.07, 6.45) is -10.0. The van der Waals surface area contributed by atoms with Gasteiger partial charge >= 0.3 is 18.3 Å². The van der Waals surface area contributed by atoms with E-state index in [1.165, 1.54) is 6.92 Å². The molecule has 20 heavy (non-hydrogen) atoms. The Kier molecular flexibility index (Phi) is 4.93. The van der Waals surface area contributed by atoms with Gasteiger partial charge in [-0.15, -0.1) is 0 Å². The van der Waals surface area contributed by atoms with Crippen molar-refractivity contribution < 1.29 is 35.9 Å². The highest BCUT2D eigenvalue weighted by molar-refractivity contribution is 14.1. The number of hydrogen-bond donors (Lipinski definition) is 0. The van der Waals surface area contributed by atoms with Gasteiger partial charge in [-0.3, -0.25) is 0 Å². The van der Waals surface area contributed by atoms with Crippen LogP contribution in [0.4, 0.5) is 26.3 Å². The molecule has 1 aromatic rings. The van der Waals surface area contributed by atoms with Crippen molar-refractivity contribution in [3.63, 3.8) is 0 Å². The maximum atomic E-state index is 12.9. The lowest BCUT2D eigenvalue weighted by Crippen LogP contribution is -2.20. The predicted molar refractivity (Wildman–Crippen MR) is 65.1 cm³/mol. The van der Waals surface area contributed by atoms with Gasteiger partial charge in [0.2, 0.25) is 0 Å². The number of halogens is 7. The quantitative estimate of drug-likeness (QED) is 0.406. The number of carbonyl (C=O) groups is 1. The van der Waals surface area contributed by atoms with E-state index in [0.717, 1.165) is 22.6 Å². The molecule has 2 nitrogen and oxygen atoms in total. The molecule has 0 spiro atoms. The van der Waals surface area contributed by atoms with Crippen LogP contribution in [0.15, 0.2) is 12.1 Å². The molecule has 0 aliphatic rings. The summed E-state index contributed by atoms with van der Waals surface area (Å²) in [6.45, 7) is 1.19. The Hall–Kier alpha value is -1.00. The van der Waals surface area contributed by atoms with Crippen LogP contribution < -0.4 is 0 Å². The Morgan fingerprint density at radius 1 is 1.15 bits per heavy atom. The lowest BCUT2D eigenvalue weighted by Gasteiger charge is -2.18. The van der Waals surface area contributed by atoms with Crippen LogP contribution in [-0.4, -0.2) is 12.6 Å². The summed E-state index contributed by atoms with van der Waals surface area (Å²) in [5.41, 5.74) is -4.01. The highest BCUT2D eigenvalue weighted by atomic mass is 127. The minimum absolute atomic E-state index is 0.187. The first kappa shape index (κ1) is 17.1. The van der Waals surface area contributed by atoms with Crippen molar-refractivity contribution in [2.45, 2.75) is 19.3 Å². The minimum Gasteiger partial charge on any atom is -0.462 e. The number of esters is 1. The average molecular weight is 412 g/mol. The van der Waals surface area contributed by atoms with Gasteiger partial charge < -0.3 is 4.74 Å². The van der Waals surface area contributed by atoms with Crippen molar-refractivity contribution in [1.29, 1.82) is 0 Å². The predicted octanol–water partition coefficient (Wildman–Crippen LogP) is 4.51. The minimum atomic E-state index is -5.10. The topological polar surface area (TPSA) is 26.3 Å². The molecule has 0 bridgehead atoms. The van der Waals surface area contributed by atoms with Gasteiger partial charge in [0.25, 0.3) is 0 Å². The molecule has 0 saturated carbocycles. The van der Waals surface area contributed by atoms with Crippen LogP contribution >= 0.6 is 22.6 Å². The number of hydrogen-bond acceptors (Lipinski definition) is 2. The van der Waals surface area contributed by atoms with Crippen molar-refractivity contribution >= 4 is 28.6 Å². The summed E-state index contributed by atoms with van der Waals surface area (Å²) < 4.78 is 79.9. The van der Waals surface area contributed by atoms with Gasteiger partial charge in [-0.2, -0.15) is 26.3 Å². The first-order valence-electron chi connectivity index (χ1n) is 5.14. The zero-order valence-corrected chi connectivity index (χ0v) is 12.0. The SMILES string of the molecule is CCOC(=O)c1ccc(C(F)(F)F)c(I)c1C(F)(F)F. The van der Waals surface area contributed by atoms with E-state index >= 15 is 0 Å². The van der Waals surface area contributed by atoms with Crippen molar-refractivity contribution in [3.8, 4) is 0 Å². The maximum Gasteiger partial charge on any atom is 0.418 e. The summed E-state index contributed by atoms with van der Waals surface area (Å²) in [7, 11) is 0. The van der Waals surface area contributed by atoms with Crippen LogP contribution in [0.25, 0.3) is 0 Å². The first-order valence-corrected chi connectivity index (χ1v) is 6.22. The summed E-state index contributed by atoms with van der Waals surface area (Å²) >= 11 is 0.931. The summed E-state index contributed by atoms with van der Waals surface area (Å²) in [6, 6.07) is 0.912. The van der Waals surface area contributed by atoms with E-state index in [4.69, 9.17) is 0 Å². The normalized spacial score (nSPS) is 12.4. The smallest absolute Gasteiger partial charge is 0.418 e. The molecule has 0 aliphatic heterocycles. The summed E-state index contributed by atoms with van der Waals surface area (Å²) in [4.78, 5) is 11.4. The molecular weight excluding hydrogens is 405 g/mol. The average Bonchev–Trinajstić information content (AvgIpc) is 2.25. The van der Waals surface area contributed by atoms with Gasteiger partial charge in [-0.05, 0) is 41.6 Å². The zero-order chi connectivity index (χ0) is 15.7. The molecule has 1 aromatic carbocycles. The Bertz CT molecular complexity index is 521. The number of alkyl halides is 6. The van der Waals surface area contributed by atoms with Crippen LogP contribution in [0, 0.1) is 3.57 Å². The third-order valence-electron chi connectivity index (χ3n) is 2.23. The molecule has 0 fully saturated rings. The van der Waals surface area contributed by atoms with E-state index in [1.807, 2.05) is 0 Å². The first-order chi connectivity index (χ1) is 9.00. The maximum absolute atomic E-state index is 12.9. The number of rotatable bonds is 2. The molecule has 0 heterocycles. The fraction of sp³-hybridized carbons (Fsp3) is 0.364. The summed E-state index contributed by atoms with van der Waals surface area (Å²) in [5.74, 6) is -1.31. The molecule has 0 radical (unpaired) electrons. The molecule has 0 aromatic heterocycles. The number of ether oxygens (including phenoxy) is 1. The van der Waals surface area contributed by atoms with E-state index in [2.05, 4.69) is 4.74 Å². The Labute approximate surface area is 123 Å². The fourth-order valence-electron chi connectivity index (χ4n) is 1.45. The van der Waals surface area contributed by atoms with Gasteiger partial charge in [0, 0.05) is 3.57 Å². The Balaban J connectivity index is 3.57. The Morgan fingerprint density at radius 2 is 1.70 bits per heavy atom. The van der Waals surface area contributed by atoms with Crippen molar-refractivity contribution in [3.05, 3.63) is 32.4 Å². The van der Waals surface area contributed by atoms with Crippen molar-refractivity contribution in [2.24, 2.45) is 0 Å². The lowest BCUT2D eigenvalue weighted by atomic mass is 10.0. The van der Waals surface area contributed by atoms with Crippen LogP contribution in [0.2, 0.25) is 0 Å². The monoisotopic (exact) mass is 412 g/mol. The third-order valence-corrected chi connectivity index (χ3v) is 3.35. The van der Waals surface area contributed by atoms with Crippen LogP contribution in [0.3, 0.4) is 0 Å². The molecule has 0 N–H and O–H groups in total. The van der Waals surface area contributed by atoms with Crippen LogP contribution in [0.1, 0.15) is 28.4 Å². The van der Waals surface area contributed by atoms with Gasteiger partial charge in [0.1, 0.15) is 0 Å². The standard InChI is InChI=1S/C11H7F6IO2/c1-2-20-9(19)5-3-4-6(10(12,13)14)8(18)7(5)11(15,16)17/h3-4H,2H2,1H3. The highest BCUT2D eigenvalue weighted by Crippen LogP contribution is 2.41. The lowest BCUT2D eigenvalue weighted by molar-refractivity contribution is -0.144. The summed E-state index contributed by atoms with van der Waals surface area (Å²) in [5, 5.41) is 0. The second-order valence-corrected chi connectivity index (χ2v) is 4.64. The molecule has 0 amide bonds. The van der Waals surface area contributed by atoms with Gasteiger partial charge in [-0.25, -0.2) is 4.79 Å². The highest BCUT2D eigenvalue weighted by Gasteiger charge is 2.43. The van der Waals surface area contributed by atoms with Crippen LogP contribution in [-0.2, 0) is 17.1 Å². The number of carbonyl (C=O) groups excluding carboxylic acids is 1. The van der Waals surface area contributed by atoms with Gasteiger partial charge in [0.05, 0.1) is 23.3 Å². The molecule has 1 rings (SSSR count). The van der Waals surface area contributed by atoms with Crippen molar-refractivity contribution in [1.82, 2.24) is 0 Å². The van der Waals surface area contributed by atoms with Gasteiger partial charge in [0.15, 0.2) is 0 Å². The fourth-order valence-corrected chi connectivity index (χ4v) is 2.53. The van der Waals surface area contributed by atoms with Crippen LogP contribution in [0.5, 0.6) is 0 Å². The largest absolute Gasteiger partial charge is 0.462 e. The van der Waals surface area contributed by atoms with Crippen molar-refractivity contribution in [2.75, 3.05) is 6.61 Å². The molecule has 0 saturated heterocycles. The van der Waals surface area contributed by atoms with E-state index in [-0.39, 0.29) is 6.61 Å². The Morgan fingerprint density at radius 3 is 2.10 bits per heavy atom. The molecular formula is C11H7F6IO2. The molecule has 0 atom stereocenters. The molecule has 9 heteroatoms. The molecule has 0 unspecified atom stereocenters. The third kappa shape index (κ3) is 3.55. The second kappa shape index (κ2) is 5.78. The molecule has 112 valence electrons. The van der Waals surface area contributed by atoms with E-state index in [1.54, 1.807) is 0 Å². The zero-order valence-electron chi connectivity index (χ0n) is 9.82. The van der Waals surface area contributed by atoms with E-state index in [9.17, 15) is 31.1 Å².